The lowest BCUT2D eigenvalue weighted by molar-refractivity contribution is -0.124. The van der Waals surface area contributed by atoms with Crippen LogP contribution in [0.4, 0.5) is 0 Å². The molecule has 1 aliphatic heterocycles. The number of amides is 1. The molecule has 7 nitrogen and oxygen atoms in total. The molecule has 0 saturated carbocycles. The summed E-state index contributed by atoms with van der Waals surface area (Å²) in [4.78, 5) is 23.9. The molecule has 23 heavy (non-hydrogen) atoms. The van der Waals surface area contributed by atoms with Crippen molar-refractivity contribution in [2.24, 2.45) is 0 Å². The van der Waals surface area contributed by atoms with Gasteiger partial charge in [0.2, 0.25) is 15.9 Å². The van der Waals surface area contributed by atoms with E-state index in [9.17, 15) is 18.0 Å². The number of hydrogen-bond donors (Lipinski definition) is 1. The predicted octanol–water partition coefficient (Wildman–Crippen LogP) is 0.0870. The van der Waals surface area contributed by atoms with Crippen LogP contribution in [0.5, 0.6) is 0 Å². The number of carbonyl (C=O) groups is 1. The fourth-order valence-electron chi connectivity index (χ4n) is 2.88. The van der Waals surface area contributed by atoms with Crippen molar-refractivity contribution in [2.75, 3.05) is 19.3 Å². The van der Waals surface area contributed by atoms with E-state index in [4.69, 9.17) is 0 Å². The number of sulfonamides is 1. The third-order valence-corrected chi connectivity index (χ3v) is 5.35. The van der Waals surface area contributed by atoms with E-state index in [0.717, 1.165) is 11.9 Å². The molecule has 1 aromatic rings. The Morgan fingerprint density at radius 3 is 2.78 bits per heavy atom. The second kappa shape index (κ2) is 7.27. The molecule has 2 rings (SSSR count). The number of carbonyl (C=O) groups excluding carboxylic acids is 1. The number of hydrogen-bond acceptors (Lipinski definition) is 4. The van der Waals surface area contributed by atoms with Gasteiger partial charge in [0.1, 0.15) is 6.04 Å². The Morgan fingerprint density at radius 2 is 2.13 bits per heavy atom. The molecule has 1 atom stereocenters. The molecule has 1 amide bonds. The largest absolute Gasteiger partial charge is 0.355 e. The number of aromatic nitrogens is 1. The molecule has 0 aromatic carbocycles. The minimum atomic E-state index is -3.35. The molecular formula is C15H23N3O4S. The summed E-state index contributed by atoms with van der Waals surface area (Å²) in [5.74, 6) is -0.259. The van der Waals surface area contributed by atoms with Gasteiger partial charge in [-0.1, -0.05) is 6.07 Å². The van der Waals surface area contributed by atoms with Crippen molar-refractivity contribution in [3.8, 4) is 0 Å². The highest BCUT2D eigenvalue weighted by molar-refractivity contribution is 7.88. The molecule has 0 spiro atoms. The maximum atomic E-state index is 12.2. The Labute approximate surface area is 136 Å². The van der Waals surface area contributed by atoms with E-state index in [0.29, 0.717) is 38.9 Å². The van der Waals surface area contributed by atoms with Crippen molar-refractivity contribution < 1.29 is 13.2 Å². The Bertz CT molecular complexity index is 726. The Balaban J connectivity index is 1.85. The van der Waals surface area contributed by atoms with Gasteiger partial charge in [0.05, 0.1) is 6.26 Å². The average Bonchev–Trinajstić information content (AvgIpc) is 2.95. The molecule has 1 fully saturated rings. The smallest absolute Gasteiger partial charge is 0.250 e. The first-order valence-corrected chi connectivity index (χ1v) is 9.56. The fourth-order valence-corrected chi connectivity index (χ4v) is 4.00. The quantitative estimate of drug-likeness (QED) is 0.743. The second-order valence-electron chi connectivity index (χ2n) is 5.83. The molecule has 0 radical (unpaired) electrons. The lowest BCUT2D eigenvalue weighted by Crippen LogP contribution is -2.45. The molecular weight excluding hydrogens is 318 g/mol. The van der Waals surface area contributed by atoms with Crippen LogP contribution in [0, 0.1) is 6.92 Å². The van der Waals surface area contributed by atoms with Gasteiger partial charge >= 0.3 is 0 Å². The Kier molecular flexibility index (Phi) is 5.59. The maximum absolute atomic E-state index is 12.2. The molecule has 1 saturated heterocycles. The average molecular weight is 341 g/mol. The van der Waals surface area contributed by atoms with Gasteiger partial charge in [-0.2, -0.15) is 4.31 Å². The van der Waals surface area contributed by atoms with Gasteiger partial charge in [-0.3, -0.25) is 9.59 Å². The van der Waals surface area contributed by atoms with E-state index in [1.165, 1.54) is 10.4 Å². The minimum absolute atomic E-state index is 0.0598. The summed E-state index contributed by atoms with van der Waals surface area (Å²) in [6.45, 7) is 3.19. The normalized spacial score (nSPS) is 19.0. The number of nitrogens with zero attached hydrogens (tertiary/aromatic N) is 2. The van der Waals surface area contributed by atoms with Crippen molar-refractivity contribution in [3.63, 3.8) is 0 Å². The summed E-state index contributed by atoms with van der Waals surface area (Å²) in [6.07, 6.45) is 2.99. The number of rotatable bonds is 6. The van der Waals surface area contributed by atoms with E-state index in [-0.39, 0.29) is 11.5 Å². The van der Waals surface area contributed by atoms with Gasteiger partial charge in [-0.05, 0) is 32.3 Å². The zero-order valence-electron chi connectivity index (χ0n) is 13.5. The SMILES string of the molecule is Cc1cccc(=O)n1CCCNC(=O)C1CCCN1S(C)(=O)=O. The topological polar surface area (TPSA) is 88.5 Å². The highest BCUT2D eigenvalue weighted by atomic mass is 32.2. The van der Waals surface area contributed by atoms with E-state index < -0.39 is 16.1 Å². The molecule has 1 aromatic heterocycles. The molecule has 8 heteroatoms. The van der Waals surface area contributed by atoms with Crippen LogP contribution < -0.4 is 10.9 Å². The van der Waals surface area contributed by atoms with Crippen LogP contribution >= 0.6 is 0 Å². The zero-order chi connectivity index (χ0) is 17.0. The number of nitrogens with one attached hydrogen (secondary N) is 1. The van der Waals surface area contributed by atoms with Gasteiger partial charge in [0.15, 0.2) is 0 Å². The van der Waals surface area contributed by atoms with E-state index in [1.807, 2.05) is 13.0 Å². The van der Waals surface area contributed by atoms with Crippen molar-refractivity contribution in [2.45, 2.75) is 38.8 Å². The van der Waals surface area contributed by atoms with Crippen LogP contribution in [0.3, 0.4) is 0 Å². The third kappa shape index (κ3) is 4.42. The van der Waals surface area contributed by atoms with Gasteiger partial charge in [-0.15, -0.1) is 0 Å². The third-order valence-electron chi connectivity index (χ3n) is 4.06. The van der Waals surface area contributed by atoms with E-state index in [2.05, 4.69) is 5.32 Å². The lowest BCUT2D eigenvalue weighted by Gasteiger charge is -2.21. The zero-order valence-corrected chi connectivity index (χ0v) is 14.3. The number of aryl methyl sites for hydroxylation is 1. The summed E-state index contributed by atoms with van der Waals surface area (Å²) in [6, 6.07) is 4.48. The summed E-state index contributed by atoms with van der Waals surface area (Å²) in [5, 5.41) is 2.78. The molecule has 1 N–H and O–H groups in total. The van der Waals surface area contributed by atoms with Crippen molar-refractivity contribution >= 4 is 15.9 Å². The first-order valence-electron chi connectivity index (χ1n) is 7.71. The molecule has 1 unspecified atom stereocenters. The number of pyridine rings is 1. The standard InChI is InChI=1S/C15H23N3O4S/c1-12-6-3-8-14(19)17(12)10-5-9-16-15(20)13-7-4-11-18(13)23(2,21)22/h3,6,8,13H,4-5,7,9-11H2,1-2H3,(H,16,20). The summed E-state index contributed by atoms with van der Waals surface area (Å²) in [7, 11) is -3.35. The summed E-state index contributed by atoms with van der Waals surface area (Å²) in [5.41, 5.74) is 0.818. The summed E-state index contributed by atoms with van der Waals surface area (Å²) >= 11 is 0. The van der Waals surface area contributed by atoms with Crippen molar-refractivity contribution in [3.05, 3.63) is 34.2 Å². The first kappa shape index (κ1) is 17.7. The molecule has 0 aliphatic carbocycles. The molecule has 0 bridgehead atoms. The van der Waals surface area contributed by atoms with Crippen molar-refractivity contribution in [1.29, 1.82) is 0 Å². The van der Waals surface area contributed by atoms with E-state index in [1.54, 1.807) is 10.6 Å². The van der Waals surface area contributed by atoms with Crippen LogP contribution in [-0.2, 0) is 21.4 Å². The highest BCUT2D eigenvalue weighted by Crippen LogP contribution is 2.20. The monoisotopic (exact) mass is 341 g/mol. The van der Waals surface area contributed by atoms with Gasteiger partial charge in [-0.25, -0.2) is 8.42 Å². The Morgan fingerprint density at radius 1 is 1.39 bits per heavy atom. The predicted molar refractivity (Wildman–Crippen MR) is 87.6 cm³/mol. The van der Waals surface area contributed by atoms with Gasteiger partial charge in [0, 0.05) is 31.4 Å². The van der Waals surface area contributed by atoms with Gasteiger partial charge in [0.25, 0.3) is 5.56 Å². The van der Waals surface area contributed by atoms with Crippen LogP contribution in [0.25, 0.3) is 0 Å². The molecule has 1 aliphatic rings. The first-order chi connectivity index (χ1) is 10.8. The van der Waals surface area contributed by atoms with Crippen molar-refractivity contribution in [1.82, 2.24) is 14.2 Å². The highest BCUT2D eigenvalue weighted by Gasteiger charge is 2.36. The van der Waals surface area contributed by atoms with Gasteiger partial charge < -0.3 is 9.88 Å². The molecule has 2 heterocycles. The lowest BCUT2D eigenvalue weighted by atomic mass is 10.2. The second-order valence-corrected chi connectivity index (χ2v) is 7.77. The fraction of sp³-hybridized carbons (Fsp3) is 0.600. The van der Waals surface area contributed by atoms with E-state index >= 15 is 0 Å². The van der Waals surface area contributed by atoms with Crippen LogP contribution in [0.1, 0.15) is 25.0 Å². The minimum Gasteiger partial charge on any atom is -0.355 e. The van der Waals surface area contributed by atoms with Crippen LogP contribution in [-0.4, -0.2) is 48.6 Å². The maximum Gasteiger partial charge on any atom is 0.250 e. The van der Waals surface area contributed by atoms with Crippen LogP contribution in [0.2, 0.25) is 0 Å². The summed E-state index contributed by atoms with van der Waals surface area (Å²) < 4.78 is 26.2. The Hall–Kier alpha value is -1.67. The van der Waals surface area contributed by atoms with Crippen LogP contribution in [0.15, 0.2) is 23.0 Å². The molecule has 128 valence electrons.